The van der Waals surface area contributed by atoms with E-state index in [4.69, 9.17) is 9.47 Å². The van der Waals surface area contributed by atoms with Gasteiger partial charge in [0.15, 0.2) is 5.79 Å². The minimum absolute atomic E-state index is 0.143. The van der Waals surface area contributed by atoms with Gasteiger partial charge in [-0.1, -0.05) is 59.3 Å². The summed E-state index contributed by atoms with van der Waals surface area (Å²) in [7, 11) is 0. The summed E-state index contributed by atoms with van der Waals surface area (Å²) >= 11 is 0. The molecule has 2 nitrogen and oxygen atoms in total. The van der Waals surface area contributed by atoms with E-state index in [1.165, 1.54) is 44.9 Å². The minimum Gasteiger partial charge on any atom is -0.350 e. The Morgan fingerprint density at radius 1 is 0.667 bits per heavy atom. The van der Waals surface area contributed by atoms with Crippen LogP contribution in [0.2, 0.25) is 0 Å². The highest BCUT2D eigenvalue weighted by atomic mass is 16.7. The van der Waals surface area contributed by atoms with Gasteiger partial charge in [0.1, 0.15) is 0 Å². The molecule has 0 amide bonds. The van der Waals surface area contributed by atoms with Gasteiger partial charge in [-0.15, -0.1) is 0 Å². The zero-order chi connectivity index (χ0) is 16.2. The van der Waals surface area contributed by atoms with Crippen molar-refractivity contribution in [1.82, 2.24) is 0 Å². The molecule has 0 aromatic carbocycles. The number of rotatable bonds is 14. The van der Waals surface area contributed by atoms with Crippen molar-refractivity contribution in [2.45, 2.75) is 105 Å². The third kappa shape index (κ3) is 6.28. The highest BCUT2D eigenvalue weighted by molar-refractivity contribution is 4.90. The molecule has 128 valence electrons. The van der Waals surface area contributed by atoms with Crippen molar-refractivity contribution in [3.63, 3.8) is 0 Å². The van der Waals surface area contributed by atoms with Gasteiger partial charge in [-0.2, -0.15) is 0 Å². The zero-order valence-corrected chi connectivity index (χ0v) is 15.6. The van der Waals surface area contributed by atoms with Crippen LogP contribution >= 0.6 is 0 Å². The van der Waals surface area contributed by atoms with E-state index in [9.17, 15) is 0 Å². The van der Waals surface area contributed by atoms with Crippen LogP contribution in [0.4, 0.5) is 0 Å². The van der Waals surface area contributed by atoms with Gasteiger partial charge in [0, 0.05) is 18.6 Å². The van der Waals surface area contributed by atoms with E-state index in [-0.39, 0.29) is 5.41 Å². The van der Waals surface area contributed by atoms with Crippen molar-refractivity contribution >= 4 is 0 Å². The molecule has 0 aromatic heterocycles. The predicted octanol–water partition coefficient (Wildman–Crippen LogP) is 6.33. The van der Waals surface area contributed by atoms with Gasteiger partial charge in [0.2, 0.25) is 0 Å². The Bertz CT molecular complexity index is 228. The molecule has 0 saturated carbocycles. The smallest absolute Gasteiger partial charge is 0.170 e. The average molecular weight is 301 g/mol. The quantitative estimate of drug-likeness (QED) is 0.275. The fourth-order valence-corrected chi connectivity index (χ4v) is 3.62. The van der Waals surface area contributed by atoms with Crippen LogP contribution in [0.5, 0.6) is 0 Å². The van der Waals surface area contributed by atoms with Crippen LogP contribution in [0, 0.1) is 5.41 Å². The standard InChI is InChI=1S/C19H40O2/c1-7-12-13-14-15-16-17-19(8-2,9-3)18(6,20-10-4)21-11-5/h7-17H2,1-6H3. The fraction of sp³-hybridized carbons (Fsp3) is 1.00. The molecule has 0 rings (SSSR count). The van der Waals surface area contributed by atoms with Crippen LogP contribution in [0.15, 0.2) is 0 Å². The topological polar surface area (TPSA) is 18.5 Å². The Hall–Kier alpha value is -0.0800. The molecule has 2 heteroatoms. The molecule has 0 spiro atoms. The summed E-state index contributed by atoms with van der Waals surface area (Å²) in [5, 5.41) is 0. The van der Waals surface area contributed by atoms with Gasteiger partial charge in [0.05, 0.1) is 0 Å². The van der Waals surface area contributed by atoms with Crippen molar-refractivity contribution in [2.75, 3.05) is 13.2 Å². The predicted molar refractivity (Wildman–Crippen MR) is 92.7 cm³/mol. The van der Waals surface area contributed by atoms with Crippen LogP contribution in [0.1, 0.15) is 99.3 Å². The largest absolute Gasteiger partial charge is 0.350 e. The van der Waals surface area contributed by atoms with E-state index in [0.29, 0.717) is 0 Å². The Balaban J connectivity index is 4.64. The van der Waals surface area contributed by atoms with E-state index in [1.807, 2.05) is 0 Å². The molecule has 0 aliphatic heterocycles. The summed E-state index contributed by atoms with van der Waals surface area (Å²) in [6, 6.07) is 0. The van der Waals surface area contributed by atoms with Crippen molar-refractivity contribution in [3.05, 3.63) is 0 Å². The second-order valence-corrected chi connectivity index (χ2v) is 6.32. The lowest BCUT2D eigenvalue weighted by molar-refractivity contribution is -0.290. The van der Waals surface area contributed by atoms with Gasteiger partial charge >= 0.3 is 0 Å². The van der Waals surface area contributed by atoms with Gasteiger partial charge in [-0.3, -0.25) is 0 Å². The van der Waals surface area contributed by atoms with Crippen LogP contribution in [-0.2, 0) is 9.47 Å². The molecule has 0 unspecified atom stereocenters. The van der Waals surface area contributed by atoms with Gasteiger partial charge < -0.3 is 9.47 Å². The van der Waals surface area contributed by atoms with Crippen molar-refractivity contribution < 1.29 is 9.47 Å². The lowest BCUT2D eigenvalue weighted by Crippen LogP contribution is -2.50. The Morgan fingerprint density at radius 3 is 1.57 bits per heavy atom. The number of hydrogen-bond acceptors (Lipinski definition) is 2. The van der Waals surface area contributed by atoms with Crippen molar-refractivity contribution in [3.8, 4) is 0 Å². The van der Waals surface area contributed by atoms with E-state index in [1.54, 1.807) is 0 Å². The maximum Gasteiger partial charge on any atom is 0.170 e. The summed E-state index contributed by atoms with van der Waals surface area (Å²) in [5.41, 5.74) is 0.143. The molecule has 0 heterocycles. The summed E-state index contributed by atoms with van der Waals surface area (Å²) in [4.78, 5) is 0. The number of ether oxygens (including phenoxy) is 2. The normalized spacial score (nSPS) is 12.9. The molecule has 21 heavy (non-hydrogen) atoms. The van der Waals surface area contributed by atoms with Crippen LogP contribution in [0.3, 0.4) is 0 Å². The summed E-state index contributed by atoms with van der Waals surface area (Å²) in [6.45, 7) is 14.6. The lowest BCUT2D eigenvalue weighted by atomic mass is 9.71. The summed E-state index contributed by atoms with van der Waals surface area (Å²) < 4.78 is 12.2. The number of unbranched alkanes of at least 4 members (excludes halogenated alkanes) is 5. The summed E-state index contributed by atoms with van der Waals surface area (Å²) in [5.74, 6) is -0.441. The SMILES string of the molecule is CCCCCCCCC(CC)(CC)C(C)(OCC)OCC. The molecular formula is C19H40O2. The molecule has 0 fully saturated rings. The number of hydrogen-bond donors (Lipinski definition) is 0. The van der Waals surface area contributed by atoms with Crippen molar-refractivity contribution in [1.29, 1.82) is 0 Å². The monoisotopic (exact) mass is 300 g/mol. The first-order valence-corrected chi connectivity index (χ1v) is 9.33. The van der Waals surface area contributed by atoms with Gasteiger partial charge in [-0.25, -0.2) is 0 Å². The third-order valence-electron chi connectivity index (χ3n) is 5.17. The van der Waals surface area contributed by atoms with E-state index < -0.39 is 5.79 Å². The molecule has 0 radical (unpaired) electrons. The zero-order valence-electron chi connectivity index (χ0n) is 15.6. The molecule has 0 bridgehead atoms. The van der Waals surface area contributed by atoms with Gasteiger partial charge in [0.25, 0.3) is 0 Å². The highest BCUT2D eigenvalue weighted by Gasteiger charge is 2.46. The highest BCUT2D eigenvalue weighted by Crippen LogP contribution is 2.46. The molecular weight excluding hydrogens is 260 g/mol. The Morgan fingerprint density at radius 2 is 1.14 bits per heavy atom. The first-order chi connectivity index (χ1) is 10.1. The first-order valence-electron chi connectivity index (χ1n) is 9.33. The maximum atomic E-state index is 6.09. The van der Waals surface area contributed by atoms with Gasteiger partial charge in [-0.05, 0) is 40.0 Å². The van der Waals surface area contributed by atoms with Crippen LogP contribution < -0.4 is 0 Å². The Kier molecular flexibility index (Phi) is 11.4. The second-order valence-electron chi connectivity index (χ2n) is 6.32. The van der Waals surface area contributed by atoms with Crippen LogP contribution in [-0.4, -0.2) is 19.0 Å². The van der Waals surface area contributed by atoms with E-state index in [2.05, 4.69) is 41.5 Å². The first kappa shape index (κ1) is 20.9. The minimum atomic E-state index is -0.441. The second kappa shape index (κ2) is 11.5. The molecule has 0 atom stereocenters. The summed E-state index contributed by atoms with van der Waals surface area (Å²) in [6.07, 6.45) is 11.5. The molecule has 0 N–H and O–H groups in total. The third-order valence-corrected chi connectivity index (χ3v) is 5.17. The molecule has 0 aromatic rings. The molecule has 0 aliphatic rings. The van der Waals surface area contributed by atoms with E-state index >= 15 is 0 Å². The fourth-order valence-electron chi connectivity index (χ4n) is 3.62. The molecule has 0 aliphatic carbocycles. The Labute approximate surface area is 134 Å². The molecule has 0 saturated heterocycles. The maximum absolute atomic E-state index is 6.09. The lowest BCUT2D eigenvalue weighted by Gasteiger charge is -2.47. The van der Waals surface area contributed by atoms with E-state index in [0.717, 1.165) is 26.1 Å². The van der Waals surface area contributed by atoms with Crippen molar-refractivity contribution in [2.24, 2.45) is 5.41 Å². The average Bonchev–Trinajstić information content (AvgIpc) is 2.47. The van der Waals surface area contributed by atoms with Crippen LogP contribution in [0.25, 0.3) is 0 Å².